The zero-order chi connectivity index (χ0) is 17.5. The van der Waals surface area contributed by atoms with Gasteiger partial charge < -0.3 is 15.2 Å². The van der Waals surface area contributed by atoms with Gasteiger partial charge in [0.25, 0.3) is 0 Å². The summed E-state index contributed by atoms with van der Waals surface area (Å²) in [5, 5.41) is 10.8. The number of aliphatic imine (C=N–C) groups is 1. The zero-order valence-corrected chi connectivity index (χ0v) is 14.8. The van der Waals surface area contributed by atoms with Crippen LogP contribution in [0.25, 0.3) is 11.0 Å². The van der Waals surface area contributed by atoms with Crippen LogP contribution in [0.2, 0.25) is 0 Å². The van der Waals surface area contributed by atoms with Gasteiger partial charge in [-0.25, -0.2) is 9.98 Å². The Kier molecular flexibility index (Phi) is 5.66. The van der Waals surface area contributed by atoms with Crippen molar-refractivity contribution in [1.82, 2.24) is 30.0 Å². The summed E-state index contributed by atoms with van der Waals surface area (Å²) in [7, 11) is 1.93. The number of para-hydroxylation sites is 2. The van der Waals surface area contributed by atoms with Crippen molar-refractivity contribution >= 4 is 17.0 Å². The fraction of sp³-hybridized carbons (Fsp3) is 0.389. The van der Waals surface area contributed by atoms with Gasteiger partial charge in [0.1, 0.15) is 0 Å². The quantitative estimate of drug-likeness (QED) is 0.392. The van der Waals surface area contributed by atoms with Gasteiger partial charge in [-0.3, -0.25) is 4.68 Å². The molecule has 2 heterocycles. The number of fused-ring (bicyclic) bond motifs is 1. The molecule has 3 aromatic rings. The van der Waals surface area contributed by atoms with E-state index in [1.54, 1.807) is 6.20 Å². The molecule has 0 aliphatic carbocycles. The van der Waals surface area contributed by atoms with E-state index in [1.807, 2.05) is 42.3 Å². The topological polar surface area (TPSA) is 72.1 Å². The highest BCUT2D eigenvalue weighted by molar-refractivity contribution is 5.79. The van der Waals surface area contributed by atoms with Crippen LogP contribution in [0.3, 0.4) is 0 Å². The number of hydrogen-bond donors (Lipinski definition) is 2. The van der Waals surface area contributed by atoms with Gasteiger partial charge in [-0.1, -0.05) is 12.1 Å². The number of hydrogen-bond acceptors (Lipinski definition) is 3. The van der Waals surface area contributed by atoms with Crippen molar-refractivity contribution in [1.29, 1.82) is 0 Å². The lowest BCUT2D eigenvalue weighted by atomic mass is 10.3. The number of nitrogens with one attached hydrogen (secondary N) is 2. The third kappa shape index (κ3) is 4.37. The van der Waals surface area contributed by atoms with Crippen LogP contribution in [0.5, 0.6) is 0 Å². The fourth-order valence-electron chi connectivity index (χ4n) is 2.70. The Balaban J connectivity index is 1.50. The highest BCUT2D eigenvalue weighted by Gasteiger charge is 2.02. The first-order chi connectivity index (χ1) is 12.3. The van der Waals surface area contributed by atoms with E-state index in [4.69, 9.17) is 0 Å². The minimum Gasteiger partial charge on any atom is -0.357 e. The monoisotopic (exact) mass is 339 g/mol. The summed E-state index contributed by atoms with van der Waals surface area (Å²) in [6.07, 6.45) is 4.70. The second-order valence-corrected chi connectivity index (χ2v) is 5.85. The van der Waals surface area contributed by atoms with Crippen molar-refractivity contribution in [2.45, 2.75) is 26.4 Å². The van der Waals surface area contributed by atoms with Gasteiger partial charge in [0.05, 0.1) is 29.6 Å². The Morgan fingerprint density at radius 1 is 1.20 bits per heavy atom. The Bertz CT molecular complexity index is 831. The largest absolute Gasteiger partial charge is 0.357 e. The molecular formula is C18H25N7. The third-order valence-corrected chi connectivity index (χ3v) is 4.06. The maximum atomic E-state index is 4.62. The minimum atomic E-state index is 0.609. The molecule has 2 N–H and O–H groups in total. The van der Waals surface area contributed by atoms with Gasteiger partial charge >= 0.3 is 0 Å². The average Bonchev–Trinajstić information content (AvgIpc) is 3.22. The van der Waals surface area contributed by atoms with Gasteiger partial charge in [0, 0.05) is 32.9 Å². The summed E-state index contributed by atoms with van der Waals surface area (Å²) in [6.45, 7) is 5.29. The van der Waals surface area contributed by atoms with Crippen LogP contribution in [-0.2, 0) is 20.1 Å². The summed E-state index contributed by atoms with van der Waals surface area (Å²) < 4.78 is 4.04. The molecule has 0 saturated heterocycles. The van der Waals surface area contributed by atoms with E-state index in [0.29, 0.717) is 6.54 Å². The van der Waals surface area contributed by atoms with Crippen molar-refractivity contribution in [3.63, 3.8) is 0 Å². The summed E-state index contributed by atoms with van der Waals surface area (Å²) in [4.78, 5) is 9.04. The maximum absolute atomic E-state index is 4.62. The summed E-state index contributed by atoms with van der Waals surface area (Å²) in [5.41, 5.74) is 3.31. The molecule has 0 aliphatic heterocycles. The van der Waals surface area contributed by atoms with E-state index in [0.717, 1.165) is 43.2 Å². The smallest absolute Gasteiger partial charge is 0.191 e. The molecule has 1 aromatic carbocycles. The summed E-state index contributed by atoms with van der Waals surface area (Å²) in [6, 6.07) is 10.2. The number of aryl methyl sites for hydroxylation is 2. The lowest BCUT2D eigenvalue weighted by molar-refractivity contribution is 0.636. The third-order valence-electron chi connectivity index (χ3n) is 4.06. The van der Waals surface area contributed by atoms with Crippen LogP contribution in [0.4, 0.5) is 0 Å². The molecule has 0 fully saturated rings. The molecule has 7 heteroatoms. The second-order valence-electron chi connectivity index (χ2n) is 5.85. The lowest BCUT2D eigenvalue weighted by Crippen LogP contribution is -2.38. The second kappa shape index (κ2) is 8.32. The van der Waals surface area contributed by atoms with Crippen molar-refractivity contribution in [2.24, 2.45) is 12.0 Å². The average molecular weight is 339 g/mol. The molecule has 0 amide bonds. The van der Waals surface area contributed by atoms with Crippen molar-refractivity contribution < 1.29 is 0 Å². The molecule has 7 nitrogen and oxygen atoms in total. The predicted octanol–water partition coefficient (Wildman–Crippen LogP) is 1.92. The molecule has 25 heavy (non-hydrogen) atoms. The molecule has 2 aromatic heterocycles. The standard InChI is InChI=1S/C18H25N7/c1-3-19-18(21-13-15-9-11-23-24(15)2)20-10-6-12-25-14-22-16-7-4-5-8-17(16)25/h4-5,7-9,11,14H,3,6,10,12-13H2,1-2H3,(H2,19,20,21). The Hall–Kier alpha value is -2.83. The molecule has 0 aliphatic rings. The van der Waals surface area contributed by atoms with Crippen LogP contribution < -0.4 is 10.6 Å². The van der Waals surface area contributed by atoms with Crippen molar-refractivity contribution in [3.05, 3.63) is 48.5 Å². The van der Waals surface area contributed by atoms with E-state index in [1.165, 1.54) is 5.52 Å². The van der Waals surface area contributed by atoms with Crippen LogP contribution in [-0.4, -0.2) is 38.4 Å². The first-order valence-corrected chi connectivity index (χ1v) is 8.67. The number of aromatic nitrogens is 4. The van der Waals surface area contributed by atoms with Crippen molar-refractivity contribution in [2.75, 3.05) is 13.1 Å². The SMILES string of the molecule is CCNC(=NCc1ccnn1C)NCCCn1cnc2ccccc21. The van der Waals surface area contributed by atoms with Gasteiger partial charge in [0.15, 0.2) is 5.96 Å². The van der Waals surface area contributed by atoms with Crippen LogP contribution >= 0.6 is 0 Å². The molecule has 3 rings (SSSR count). The van der Waals surface area contributed by atoms with E-state index < -0.39 is 0 Å². The molecule has 0 bridgehead atoms. The zero-order valence-electron chi connectivity index (χ0n) is 14.8. The van der Waals surface area contributed by atoms with Crippen molar-refractivity contribution in [3.8, 4) is 0 Å². The lowest BCUT2D eigenvalue weighted by Gasteiger charge is -2.11. The first kappa shape index (κ1) is 17.0. The number of imidazole rings is 1. The number of benzene rings is 1. The normalized spacial score (nSPS) is 11.8. The van der Waals surface area contributed by atoms with E-state index in [2.05, 4.69) is 43.3 Å². The number of nitrogens with zero attached hydrogens (tertiary/aromatic N) is 5. The first-order valence-electron chi connectivity index (χ1n) is 8.67. The van der Waals surface area contributed by atoms with Crippen LogP contribution in [0, 0.1) is 0 Å². The predicted molar refractivity (Wildman–Crippen MR) is 100 cm³/mol. The summed E-state index contributed by atoms with van der Waals surface area (Å²) in [5.74, 6) is 0.833. The highest BCUT2D eigenvalue weighted by atomic mass is 15.3. The Morgan fingerprint density at radius 2 is 2.08 bits per heavy atom. The van der Waals surface area contributed by atoms with Gasteiger partial charge in [0.2, 0.25) is 0 Å². The molecular weight excluding hydrogens is 314 g/mol. The van der Waals surface area contributed by atoms with Gasteiger partial charge in [-0.05, 0) is 31.5 Å². The summed E-state index contributed by atoms with van der Waals surface area (Å²) >= 11 is 0. The Morgan fingerprint density at radius 3 is 2.88 bits per heavy atom. The van der Waals surface area contributed by atoms with E-state index >= 15 is 0 Å². The molecule has 0 spiro atoms. The van der Waals surface area contributed by atoms with Gasteiger partial charge in [-0.2, -0.15) is 5.10 Å². The maximum Gasteiger partial charge on any atom is 0.191 e. The number of rotatable bonds is 7. The minimum absolute atomic E-state index is 0.609. The van der Waals surface area contributed by atoms with Crippen LogP contribution in [0.1, 0.15) is 19.0 Å². The van der Waals surface area contributed by atoms with Gasteiger partial charge in [-0.15, -0.1) is 0 Å². The van der Waals surface area contributed by atoms with Crippen LogP contribution in [0.15, 0.2) is 47.8 Å². The molecule has 0 atom stereocenters. The fourth-order valence-corrected chi connectivity index (χ4v) is 2.70. The molecule has 0 radical (unpaired) electrons. The highest BCUT2D eigenvalue weighted by Crippen LogP contribution is 2.11. The molecule has 132 valence electrons. The van der Waals surface area contributed by atoms with E-state index in [-0.39, 0.29) is 0 Å². The molecule has 0 saturated carbocycles. The number of guanidine groups is 1. The molecule has 0 unspecified atom stereocenters. The van der Waals surface area contributed by atoms with E-state index in [9.17, 15) is 0 Å². The Labute approximate surface area is 147 Å².